The topological polar surface area (TPSA) is 110 Å². The van der Waals surface area contributed by atoms with E-state index in [-0.39, 0.29) is 19.6 Å². The fourth-order valence-corrected chi connectivity index (χ4v) is 3.75. The third kappa shape index (κ3) is 6.41. The lowest BCUT2D eigenvalue weighted by Crippen LogP contribution is -2.35. The van der Waals surface area contributed by atoms with Crippen LogP contribution in [0, 0.1) is 18.3 Å². The van der Waals surface area contributed by atoms with Crippen molar-refractivity contribution in [3.63, 3.8) is 0 Å². The molecule has 1 heterocycles. The fraction of sp³-hybridized carbons (Fsp3) is 0.172. The number of carbonyl (C=O) groups is 2. The van der Waals surface area contributed by atoms with Gasteiger partial charge in [-0.3, -0.25) is 4.79 Å². The number of esters is 1. The van der Waals surface area contributed by atoms with Crippen LogP contribution in [0.25, 0.3) is 11.0 Å². The summed E-state index contributed by atoms with van der Waals surface area (Å²) in [5, 5.41) is 9.74. The Morgan fingerprint density at radius 1 is 1.00 bits per heavy atom. The van der Waals surface area contributed by atoms with E-state index in [2.05, 4.69) is 0 Å². The third-order valence-electron chi connectivity index (χ3n) is 5.66. The van der Waals surface area contributed by atoms with Gasteiger partial charge < -0.3 is 18.8 Å². The summed E-state index contributed by atoms with van der Waals surface area (Å²) in [5.74, 6) is -0.502. The normalized spacial score (nSPS) is 10.5. The van der Waals surface area contributed by atoms with Crippen molar-refractivity contribution < 1.29 is 23.5 Å². The second kappa shape index (κ2) is 11.7. The number of anilines is 1. The molecule has 3 aromatic carbocycles. The monoisotopic (exact) mass is 496 g/mol. The smallest absolute Gasteiger partial charge is 0.338 e. The van der Waals surface area contributed by atoms with Crippen molar-refractivity contribution in [2.75, 3.05) is 18.1 Å². The summed E-state index contributed by atoms with van der Waals surface area (Å²) in [4.78, 5) is 38.2. The maximum absolute atomic E-state index is 12.7. The van der Waals surface area contributed by atoms with Gasteiger partial charge in [-0.15, -0.1) is 0 Å². The fourth-order valence-electron chi connectivity index (χ4n) is 3.75. The van der Waals surface area contributed by atoms with Crippen LogP contribution < -0.4 is 15.3 Å². The van der Waals surface area contributed by atoms with E-state index >= 15 is 0 Å². The van der Waals surface area contributed by atoms with Crippen LogP contribution in [0.1, 0.15) is 27.9 Å². The van der Waals surface area contributed by atoms with Crippen molar-refractivity contribution in [1.29, 1.82) is 5.26 Å². The van der Waals surface area contributed by atoms with Crippen LogP contribution in [0.15, 0.2) is 88.1 Å². The number of ether oxygens (including phenoxy) is 2. The van der Waals surface area contributed by atoms with Gasteiger partial charge in [0.25, 0.3) is 5.91 Å². The molecule has 186 valence electrons. The number of nitrogens with zero attached hydrogens (tertiary/aromatic N) is 2. The summed E-state index contributed by atoms with van der Waals surface area (Å²) < 4.78 is 16.3. The van der Waals surface area contributed by atoms with Gasteiger partial charge >= 0.3 is 11.6 Å². The van der Waals surface area contributed by atoms with Crippen molar-refractivity contribution in [3.8, 4) is 11.8 Å². The predicted octanol–water partition coefficient (Wildman–Crippen LogP) is 4.78. The van der Waals surface area contributed by atoms with E-state index < -0.39 is 24.1 Å². The lowest BCUT2D eigenvalue weighted by molar-refractivity contribution is -0.121. The van der Waals surface area contributed by atoms with Crippen LogP contribution in [0.4, 0.5) is 5.69 Å². The van der Waals surface area contributed by atoms with Gasteiger partial charge in [0.15, 0.2) is 6.61 Å². The first kappa shape index (κ1) is 25.2. The Hall–Kier alpha value is -4.90. The molecule has 37 heavy (non-hydrogen) atoms. The number of para-hydroxylation sites is 1. The Bertz CT molecular complexity index is 1500. The van der Waals surface area contributed by atoms with E-state index in [9.17, 15) is 14.4 Å². The molecule has 0 radical (unpaired) electrons. The second-order valence-corrected chi connectivity index (χ2v) is 8.26. The number of aryl methyl sites for hydroxylation is 1. The standard InChI is InChI=1S/C29H24N2O6/c1-20-16-28(33)37-26-17-24(12-13-25(20)26)35-18-21-8-10-22(11-9-21)29(34)36-19-27(32)31(15-5-14-30)23-6-3-2-4-7-23/h2-4,6-13,16-17H,5,15,18-19H2,1H3. The highest BCUT2D eigenvalue weighted by atomic mass is 16.5. The minimum absolute atomic E-state index is 0.158. The third-order valence-corrected chi connectivity index (χ3v) is 5.66. The number of nitriles is 1. The van der Waals surface area contributed by atoms with Crippen molar-refractivity contribution in [2.24, 2.45) is 0 Å². The molecular formula is C29H24N2O6. The summed E-state index contributed by atoms with van der Waals surface area (Å²) in [6.45, 7) is 1.84. The van der Waals surface area contributed by atoms with E-state index in [4.69, 9.17) is 19.2 Å². The number of rotatable bonds is 9. The molecular weight excluding hydrogens is 472 g/mol. The Labute approximate surface area is 213 Å². The Kier molecular flexibility index (Phi) is 7.96. The zero-order valence-corrected chi connectivity index (χ0v) is 20.2. The molecule has 0 saturated carbocycles. The van der Waals surface area contributed by atoms with Crippen LogP contribution in [-0.2, 0) is 16.1 Å². The maximum atomic E-state index is 12.7. The van der Waals surface area contributed by atoms with Gasteiger partial charge in [0.1, 0.15) is 17.9 Å². The van der Waals surface area contributed by atoms with Crippen LogP contribution in [0.3, 0.4) is 0 Å². The molecule has 0 bridgehead atoms. The van der Waals surface area contributed by atoms with Crippen LogP contribution >= 0.6 is 0 Å². The van der Waals surface area contributed by atoms with Gasteiger partial charge in [0.05, 0.1) is 18.1 Å². The molecule has 0 spiro atoms. The zero-order chi connectivity index (χ0) is 26.2. The number of hydrogen-bond donors (Lipinski definition) is 0. The van der Waals surface area contributed by atoms with E-state index in [1.165, 1.54) is 11.0 Å². The second-order valence-electron chi connectivity index (χ2n) is 8.26. The van der Waals surface area contributed by atoms with E-state index in [0.717, 1.165) is 16.5 Å². The summed E-state index contributed by atoms with van der Waals surface area (Å²) in [6.07, 6.45) is 0.158. The molecule has 0 unspecified atom stereocenters. The first-order chi connectivity index (χ1) is 17.9. The van der Waals surface area contributed by atoms with Gasteiger partial charge in [-0.2, -0.15) is 5.26 Å². The zero-order valence-electron chi connectivity index (χ0n) is 20.2. The SMILES string of the molecule is Cc1cc(=O)oc2cc(OCc3ccc(C(=O)OCC(=O)N(CCC#N)c4ccccc4)cc3)ccc12. The van der Waals surface area contributed by atoms with Gasteiger partial charge in [-0.25, -0.2) is 9.59 Å². The summed E-state index contributed by atoms with van der Waals surface area (Å²) in [5.41, 5.74) is 2.60. The molecule has 0 fully saturated rings. The van der Waals surface area contributed by atoms with Crippen molar-refractivity contribution in [2.45, 2.75) is 20.0 Å². The Morgan fingerprint density at radius 2 is 1.76 bits per heavy atom. The van der Waals surface area contributed by atoms with Crippen molar-refractivity contribution in [1.82, 2.24) is 0 Å². The molecule has 4 aromatic rings. The van der Waals surface area contributed by atoms with Gasteiger partial charge in [-0.05, 0) is 54.4 Å². The van der Waals surface area contributed by atoms with Gasteiger partial charge in [0.2, 0.25) is 0 Å². The quantitative estimate of drug-likeness (QED) is 0.242. The molecule has 0 aliphatic carbocycles. The number of hydrogen-bond acceptors (Lipinski definition) is 7. The first-order valence-electron chi connectivity index (χ1n) is 11.6. The highest BCUT2D eigenvalue weighted by molar-refractivity contribution is 5.97. The molecule has 0 aliphatic rings. The van der Waals surface area contributed by atoms with Crippen LogP contribution in [0.5, 0.6) is 5.75 Å². The molecule has 0 saturated heterocycles. The largest absolute Gasteiger partial charge is 0.489 e. The van der Waals surface area contributed by atoms with Crippen LogP contribution in [0.2, 0.25) is 0 Å². The molecule has 1 amide bonds. The van der Waals surface area contributed by atoms with Crippen molar-refractivity contribution in [3.05, 3.63) is 106 Å². The Balaban J connectivity index is 1.33. The van der Waals surface area contributed by atoms with Crippen molar-refractivity contribution >= 4 is 28.5 Å². The van der Waals surface area contributed by atoms with Gasteiger partial charge in [-0.1, -0.05) is 30.3 Å². The number of fused-ring (bicyclic) bond motifs is 1. The molecule has 4 rings (SSSR count). The predicted molar refractivity (Wildman–Crippen MR) is 137 cm³/mol. The maximum Gasteiger partial charge on any atom is 0.338 e. The average Bonchev–Trinajstić information content (AvgIpc) is 2.91. The lowest BCUT2D eigenvalue weighted by Gasteiger charge is -2.21. The number of amides is 1. The highest BCUT2D eigenvalue weighted by Gasteiger charge is 2.18. The molecule has 0 aliphatic heterocycles. The summed E-state index contributed by atoms with van der Waals surface area (Å²) in [7, 11) is 0. The van der Waals surface area contributed by atoms with Crippen LogP contribution in [-0.4, -0.2) is 25.0 Å². The van der Waals surface area contributed by atoms with E-state index in [1.807, 2.05) is 25.1 Å². The first-order valence-corrected chi connectivity index (χ1v) is 11.6. The lowest BCUT2D eigenvalue weighted by atomic mass is 10.1. The molecule has 1 aromatic heterocycles. The van der Waals surface area contributed by atoms with E-state index in [0.29, 0.717) is 22.6 Å². The summed E-state index contributed by atoms with van der Waals surface area (Å²) in [6, 6.07) is 24.3. The molecule has 0 N–H and O–H groups in total. The minimum atomic E-state index is -0.631. The van der Waals surface area contributed by atoms with E-state index in [1.54, 1.807) is 60.7 Å². The highest BCUT2D eigenvalue weighted by Crippen LogP contribution is 2.23. The number of carbonyl (C=O) groups excluding carboxylic acids is 2. The van der Waals surface area contributed by atoms with Gasteiger partial charge in [0, 0.05) is 29.8 Å². The Morgan fingerprint density at radius 3 is 2.49 bits per heavy atom. The molecule has 8 heteroatoms. The molecule has 0 atom stereocenters. The minimum Gasteiger partial charge on any atom is -0.489 e. The number of benzene rings is 3. The average molecular weight is 497 g/mol. The molecule has 8 nitrogen and oxygen atoms in total. The summed E-state index contributed by atoms with van der Waals surface area (Å²) >= 11 is 0.